The van der Waals surface area contributed by atoms with Crippen molar-refractivity contribution < 1.29 is 9.18 Å². The van der Waals surface area contributed by atoms with Gasteiger partial charge < -0.3 is 5.32 Å². The minimum atomic E-state index is -0.704. The van der Waals surface area contributed by atoms with Gasteiger partial charge in [0.2, 0.25) is 0 Å². The Kier molecular flexibility index (Phi) is 5.23. The fourth-order valence-electron chi connectivity index (χ4n) is 2.88. The summed E-state index contributed by atoms with van der Waals surface area (Å²) in [5, 5.41) is 11.9. The van der Waals surface area contributed by atoms with Crippen molar-refractivity contribution in [3.8, 4) is 6.07 Å². The Morgan fingerprint density at radius 1 is 1.12 bits per heavy atom. The second-order valence-corrected chi connectivity index (χ2v) is 8.17. The molecule has 0 spiro atoms. The van der Waals surface area contributed by atoms with Gasteiger partial charge in [0.05, 0.1) is 17.2 Å². The van der Waals surface area contributed by atoms with Gasteiger partial charge in [-0.05, 0) is 67.1 Å². The number of hydrogen-bond acceptors (Lipinski definition) is 2. The molecule has 136 valence electrons. The van der Waals surface area contributed by atoms with Crippen LogP contribution in [0, 0.1) is 24.1 Å². The summed E-state index contributed by atoms with van der Waals surface area (Å²) in [7, 11) is 0. The molecule has 1 amide bonds. The van der Waals surface area contributed by atoms with Gasteiger partial charge in [0.25, 0.3) is 5.91 Å². The number of anilines is 1. The van der Waals surface area contributed by atoms with E-state index in [1.165, 1.54) is 6.07 Å². The maximum Gasteiger partial charge on any atom is 0.255 e. The highest BCUT2D eigenvalue weighted by Crippen LogP contribution is 2.30. The highest BCUT2D eigenvalue weighted by atomic mass is 19.1. The molecule has 0 radical (unpaired) electrons. The lowest BCUT2D eigenvalue weighted by Gasteiger charge is -2.23. The van der Waals surface area contributed by atoms with E-state index in [0.29, 0.717) is 5.56 Å². The van der Waals surface area contributed by atoms with Crippen molar-refractivity contribution in [1.29, 1.82) is 5.26 Å². The molecule has 4 heteroatoms. The third-order valence-corrected chi connectivity index (χ3v) is 4.50. The number of benzene rings is 2. The lowest BCUT2D eigenvalue weighted by Crippen LogP contribution is -2.19. The van der Waals surface area contributed by atoms with Crippen molar-refractivity contribution in [1.82, 2.24) is 0 Å². The predicted molar refractivity (Wildman–Crippen MR) is 103 cm³/mol. The zero-order valence-corrected chi connectivity index (χ0v) is 16.2. The molecule has 0 aliphatic rings. The van der Waals surface area contributed by atoms with Crippen LogP contribution in [-0.4, -0.2) is 5.91 Å². The monoisotopic (exact) mass is 352 g/mol. The van der Waals surface area contributed by atoms with Crippen LogP contribution in [0.2, 0.25) is 0 Å². The van der Waals surface area contributed by atoms with Crippen LogP contribution < -0.4 is 5.32 Å². The minimum absolute atomic E-state index is 0.159. The normalized spacial score (nSPS) is 11.8. The van der Waals surface area contributed by atoms with Gasteiger partial charge in [-0.1, -0.05) is 32.9 Å². The van der Waals surface area contributed by atoms with E-state index in [4.69, 9.17) is 0 Å². The number of nitriles is 1. The van der Waals surface area contributed by atoms with Gasteiger partial charge in [0.15, 0.2) is 0 Å². The van der Waals surface area contributed by atoms with Gasteiger partial charge in [0.1, 0.15) is 5.82 Å². The van der Waals surface area contributed by atoms with Crippen LogP contribution >= 0.6 is 0 Å². The standard InChI is InChI=1S/C22H25FN2O/c1-14-10-18(23)19(12-17(14)21(2,3)4)25-20(26)15-8-7-9-16(11-15)22(5,6)13-24/h7-12H,1-6H3,(H,25,26). The largest absolute Gasteiger partial charge is 0.319 e. The van der Waals surface area contributed by atoms with Crippen LogP contribution in [0.1, 0.15) is 61.7 Å². The summed E-state index contributed by atoms with van der Waals surface area (Å²) < 4.78 is 14.4. The Labute approximate surface area is 154 Å². The fraction of sp³-hybridized carbons (Fsp3) is 0.364. The number of hydrogen-bond donors (Lipinski definition) is 1. The summed E-state index contributed by atoms with van der Waals surface area (Å²) in [6.45, 7) is 11.6. The molecular formula is C22H25FN2O. The van der Waals surface area contributed by atoms with E-state index < -0.39 is 17.1 Å². The first-order chi connectivity index (χ1) is 12.0. The zero-order chi connectivity index (χ0) is 19.7. The van der Waals surface area contributed by atoms with E-state index >= 15 is 0 Å². The first-order valence-corrected chi connectivity index (χ1v) is 8.59. The Morgan fingerprint density at radius 3 is 2.35 bits per heavy atom. The van der Waals surface area contributed by atoms with E-state index in [-0.39, 0.29) is 11.1 Å². The summed E-state index contributed by atoms with van der Waals surface area (Å²) >= 11 is 0. The second-order valence-electron chi connectivity index (χ2n) is 8.17. The number of halogens is 1. The first-order valence-electron chi connectivity index (χ1n) is 8.59. The van der Waals surface area contributed by atoms with Crippen molar-refractivity contribution in [3.05, 3.63) is 64.5 Å². The first kappa shape index (κ1) is 19.7. The third kappa shape index (κ3) is 4.11. The number of nitrogens with zero attached hydrogens (tertiary/aromatic N) is 1. The minimum Gasteiger partial charge on any atom is -0.319 e. The van der Waals surface area contributed by atoms with E-state index in [0.717, 1.165) is 16.7 Å². The SMILES string of the molecule is Cc1cc(F)c(NC(=O)c2cccc(C(C)(C)C#N)c2)cc1C(C)(C)C. The van der Waals surface area contributed by atoms with E-state index in [1.54, 1.807) is 38.1 Å². The molecule has 2 rings (SSSR count). The van der Waals surface area contributed by atoms with Crippen LogP contribution in [0.15, 0.2) is 36.4 Å². The Balaban J connectivity index is 2.37. The fourth-order valence-corrected chi connectivity index (χ4v) is 2.88. The van der Waals surface area contributed by atoms with Crippen molar-refractivity contribution >= 4 is 11.6 Å². The zero-order valence-electron chi connectivity index (χ0n) is 16.2. The number of carbonyl (C=O) groups excluding carboxylic acids is 1. The molecule has 1 N–H and O–H groups in total. The van der Waals surface area contributed by atoms with Crippen LogP contribution in [-0.2, 0) is 10.8 Å². The van der Waals surface area contributed by atoms with Gasteiger partial charge in [0, 0.05) is 5.56 Å². The average molecular weight is 352 g/mol. The van der Waals surface area contributed by atoms with Crippen molar-refractivity contribution in [2.45, 2.75) is 52.4 Å². The molecule has 0 fully saturated rings. The average Bonchev–Trinajstić information content (AvgIpc) is 2.56. The number of aryl methyl sites for hydroxylation is 1. The second kappa shape index (κ2) is 6.92. The van der Waals surface area contributed by atoms with E-state index in [2.05, 4.69) is 11.4 Å². The highest BCUT2D eigenvalue weighted by Gasteiger charge is 2.22. The summed E-state index contributed by atoms with van der Waals surface area (Å²) in [4.78, 5) is 12.6. The highest BCUT2D eigenvalue weighted by molar-refractivity contribution is 6.04. The van der Waals surface area contributed by atoms with Crippen LogP contribution in [0.5, 0.6) is 0 Å². The lowest BCUT2D eigenvalue weighted by molar-refractivity contribution is 0.102. The molecule has 0 saturated carbocycles. The van der Waals surface area contributed by atoms with Crippen LogP contribution in [0.3, 0.4) is 0 Å². The summed E-state index contributed by atoms with van der Waals surface area (Å²) in [6.07, 6.45) is 0. The molecule has 3 nitrogen and oxygen atoms in total. The van der Waals surface area contributed by atoms with Gasteiger partial charge in [-0.15, -0.1) is 0 Å². The summed E-state index contributed by atoms with van der Waals surface area (Å²) in [5.74, 6) is -0.861. The molecule has 0 bridgehead atoms. The molecule has 26 heavy (non-hydrogen) atoms. The number of nitrogens with one attached hydrogen (secondary N) is 1. The predicted octanol–water partition coefficient (Wildman–Crippen LogP) is 5.49. The van der Waals surface area contributed by atoms with Gasteiger partial charge in [-0.3, -0.25) is 4.79 Å². The number of rotatable bonds is 3. The molecule has 0 heterocycles. The quantitative estimate of drug-likeness (QED) is 0.794. The van der Waals surface area contributed by atoms with Crippen molar-refractivity contribution in [2.75, 3.05) is 5.32 Å². The van der Waals surface area contributed by atoms with Gasteiger partial charge in [-0.25, -0.2) is 4.39 Å². The molecule has 0 unspecified atom stereocenters. The van der Waals surface area contributed by atoms with E-state index in [1.807, 2.05) is 33.8 Å². The lowest BCUT2D eigenvalue weighted by atomic mass is 9.83. The molecule has 0 saturated heterocycles. The molecule has 0 aromatic heterocycles. The number of amides is 1. The Hall–Kier alpha value is -2.67. The molecule has 0 atom stereocenters. The maximum absolute atomic E-state index is 14.4. The molecule has 0 aliphatic carbocycles. The molecule has 2 aromatic rings. The van der Waals surface area contributed by atoms with Gasteiger partial charge >= 0.3 is 0 Å². The third-order valence-electron chi connectivity index (χ3n) is 4.50. The Morgan fingerprint density at radius 2 is 1.77 bits per heavy atom. The summed E-state index contributed by atoms with van der Waals surface area (Å²) in [5.41, 5.74) is 2.27. The van der Waals surface area contributed by atoms with Gasteiger partial charge in [-0.2, -0.15) is 5.26 Å². The number of carbonyl (C=O) groups is 1. The summed E-state index contributed by atoms with van der Waals surface area (Å²) in [6, 6.07) is 12.2. The van der Waals surface area contributed by atoms with Crippen LogP contribution in [0.4, 0.5) is 10.1 Å². The topological polar surface area (TPSA) is 52.9 Å². The smallest absolute Gasteiger partial charge is 0.255 e. The molecular weight excluding hydrogens is 327 g/mol. The Bertz CT molecular complexity index is 886. The van der Waals surface area contributed by atoms with E-state index in [9.17, 15) is 14.4 Å². The molecule has 2 aromatic carbocycles. The maximum atomic E-state index is 14.4. The molecule has 0 aliphatic heterocycles. The van der Waals surface area contributed by atoms with Crippen molar-refractivity contribution in [2.24, 2.45) is 0 Å². The van der Waals surface area contributed by atoms with Crippen molar-refractivity contribution in [3.63, 3.8) is 0 Å². The van der Waals surface area contributed by atoms with Crippen LogP contribution in [0.25, 0.3) is 0 Å².